The maximum atomic E-state index is 12.1. The van der Waals surface area contributed by atoms with Crippen molar-refractivity contribution in [1.29, 1.82) is 0 Å². The van der Waals surface area contributed by atoms with Crippen molar-refractivity contribution in [1.82, 2.24) is 10.2 Å². The van der Waals surface area contributed by atoms with Crippen LogP contribution in [0.15, 0.2) is 29.3 Å². The molecule has 1 aliphatic heterocycles. The van der Waals surface area contributed by atoms with Gasteiger partial charge in [0.05, 0.1) is 0 Å². The van der Waals surface area contributed by atoms with Gasteiger partial charge >= 0.3 is 0 Å². The van der Waals surface area contributed by atoms with Gasteiger partial charge in [-0.05, 0) is 62.8 Å². The van der Waals surface area contributed by atoms with Gasteiger partial charge in [0.2, 0.25) is 5.91 Å². The highest BCUT2D eigenvalue weighted by Crippen LogP contribution is 2.18. The lowest BCUT2D eigenvalue weighted by atomic mass is 9.96. The van der Waals surface area contributed by atoms with Crippen LogP contribution in [-0.2, 0) is 9.53 Å². The van der Waals surface area contributed by atoms with Crippen LogP contribution < -0.4 is 10.6 Å². The zero-order valence-electron chi connectivity index (χ0n) is 17.0. The Bertz CT molecular complexity index is 615. The predicted octanol–water partition coefficient (Wildman–Crippen LogP) is 3.77. The van der Waals surface area contributed by atoms with Gasteiger partial charge in [0.15, 0.2) is 5.96 Å². The van der Waals surface area contributed by atoms with Crippen molar-refractivity contribution in [2.75, 3.05) is 45.2 Å². The molecule has 1 aliphatic rings. The standard InChI is InChI=1S/C21H33ClN4O2/c1-3-23-21(26(2)14-10-17-11-15-28-16-12-17)24-13-4-5-20(27)25-19-8-6-18(22)7-9-19/h6-9,17H,3-5,10-16H2,1-2H3,(H,23,24)(H,25,27). The van der Waals surface area contributed by atoms with Gasteiger partial charge in [0, 0.05) is 57.0 Å². The fourth-order valence-corrected chi connectivity index (χ4v) is 3.29. The fourth-order valence-electron chi connectivity index (χ4n) is 3.17. The molecule has 1 saturated heterocycles. The molecule has 1 fully saturated rings. The molecule has 1 aromatic rings. The van der Waals surface area contributed by atoms with Crippen molar-refractivity contribution in [3.8, 4) is 0 Å². The molecular formula is C21H33ClN4O2. The monoisotopic (exact) mass is 408 g/mol. The number of aliphatic imine (C=N–C) groups is 1. The van der Waals surface area contributed by atoms with E-state index in [0.29, 0.717) is 24.4 Å². The molecule has 0 spiro atoms. The summed E-state index contributed by atoms with van der Waals surface area (Å²) < 4.78 is 5.43. The van der Waals surface area contributed by atoms with E-state index in [1.165, 1.54) is 0 Å². The summed E-state index contributed by atoms with van der Waals surface area (Å²) in [6.07, 6.45) is 4.63. The molecule has 0 unspecified atom stereocenters. The van der Waals surface area contributed by atoms with Crippen LogP contribution in [0.5, 0.6) is 0 Å². The minimum Gasteiger partial charge on any atom is -0.381 e. The highest BCUT2D eigenvalue weighted by atomic mass is 35.5. The summed E-state index contributed by atoms with van der Waals surface area (Å²) in [7, 11) is 2.08. The van der Waals surface area contributed by atoms with Gasteiger partial charge in [-0.15, -0.1) is 0 Å². The van der Waals surface area contributed by atoms with Gasteiger partial charge in [-0.25, -0.2) is 0 Å². The first kappa shape index (κ1) is 22.5. The third-order valence-corrected chi connectivity index (χ3v) is 5.11. The zero-order chi connectivity index (χ0) is 20.2. The third kappa shape index (κ3) is 8.48. The maximum absolute atomic E-state index is 12.1. The number of nitrogens with one attached hydrogen (secondary N) is 2. The predicted molar refractivity (Wildman–Crippen MR) is 116 cm³/mol. The van der Waals surface area contributed by atoms with Crippen LogP contribution in [0, 0.1) is 5.92 Å². The second-order valence-corrected chi connectivity index (χ2v) is 7.60. The van der Waals surface area contributed by atoms with E-state index >= 15 is 0 Å². The first-order valence-electron chi connectivity index (χ1n) is 10.2. The Hall–Kier alpha value is -1.79. The van der Waals surface area contributed by atoms with Crippen molar-refractivity contribution in [2.24, 2.45) is 10.9 Å². The summed E-state index contributed by atoms with van der Waals surface area (Å²) in [6.45, 7) is 6.28. The molecule has 2 N–H and O–H groups in total. The highest BCUT2D eigenvalue weighted by Gasteiger charge is 2.15. The minimum atomic E-state index is -0.00426. The Morgan fingerprint density at radius 1 is 1.29 bits per heavy atom. The zero-order valence-corrected chi connectivity index (χ0v) is 17.8. The van der Waals surface area contributed by atoms with Crippen LogP contribution in [0.4, 0.5) is 5.69 Å². The third-order valence-electron chi connectivity index (χ3n) is 4.86. The number of guanidine groups is 1. The van der Waals surface area contributed by atoms with Gasteiger partial charge in [-0.2, -0.15) is 0 Å². The summed E-state index contributed by atoms with van der Waals surface area (Å²) >= 11 is 5.85. The lowest BCUT2D eigenvalue weighted by Gasteiger charge is -2.26. The number of carbonyl (C=O) groups is 1. The fraction of sp³-hybridized carbons (Fsp3) is 0.619. The Kier molecular flexibility index (Phi) is 10.1. The number of hydrogen-bond acceptors (Lipinski definition) is 3. The number of nitrogens with zero attached hydrogens (tertiary/aromatic N) is 2. The number of rotatable bonds is 9. The van der Waals surface area contributed by atoms with Crippen molar-refractivity contribution in [3.63, 3.8) is 0 Å². The molecule has 0 aromatic heterocycles. The van der Waals surface area contributed by atoms with Crippen molar-refractivity contribution in [2.45, 2.75) is 39.0 Å². The van der Waals surface area contributed by atoms with E-state index in [2.05, 4.69) is 34.5 Å². The molecule has 0 bridgehead atoms. The van der Waals surface area contributed by atoms with Gasteiger partial charge in [0.1, 0.15) is 0 Å². The Morgan fingerprint density at radius 2 is 2.00 bits per heavy atom. The van der Waals surface area contributed by atoms with Crippen LogP contribution in [0.3, 0.4) is 0 Å². The van der Waals surface area contributed by atoms with Crippen LogP contribution in [0.25, 0.3) is 0 Å². The van der Waals surface area contributed by atoms with Crippen molar-refractivity contribution in [3.05, 3.63) is 29.3 Å². The van der Waals surface area contributed by atoms with Gasteiger partial charge in [-0.3, -0.25) is 9.79 Å². The number of carbonyl (C=O) groups excluding carboxylic acids is 1. The van der Waals surface area contributed by atoms with E-state index in [1.807, 2.05) is 0 Å². The highest BCUT2D eigenvalue weighted by molar-refractivity contribution is 6.30. The van der Waals surface area contributed by atoms with Crippen molar-refractivity contribution < 1.29 is 9.53 Å². The normalized spacial score (nSPS) is 15.3. The Morgan fingerprint density at radius 3 is 2.68 bits per heavy atom. The molecule has 6 nitrogen and oxygen atoms in total. The Labute approximate surface area is 173 Å². The topological polar surface area (TPSA) is 66.0 Å². The molecule has 1 aromatic carbocycles. The smallest absolute Gasteiger partial charge is 0.224 e. The first-order valence-corrected chi connectivity index (χ1v) is 10.6. The number of hydrogen-bond donors (Lipinski definition) is 2. The molecule has 0 saturated carbocycles. The number of ether oxygens (including phenoxy) is 1. The maximum Gasteiger partial charge on any atom is 0.224 e. The first-order chi connectivity index (χ1) is 13.6. The summed E-state index contributed by atoms with van der Waals surface area (Å²) in [5.41, 5.74) is 0.763. The molecule has 1 amide bonds. The summed E-state index contributed by atoms with van der Waals surface area (Å²) in [4.78, 5) is 18.9. The molecule has 0 aliphatic carbocycles. The van der Waals surface area contributed by atoms with E-state index in [1.54, 1.807) is 24.3 Å². The van der Waals surface area contributed by atoms with Crippen LogP contribution in [0.1, 0.15) is 39.0 Å². The van der Waals surface area contributed by atoms with Gasteiger partial charge in [0.25, 0.3) is 0 Å². The molecule has 1 heterocycles. The average Bonchev–Trinajstić information content (AvgIpc) is 2.71. The van der Waals surface area contributed by atoms with Crippen LogP contribution >= 0.6 is 11.6 Å². The molecule has 28 heavy (non-hydrogen) atoms. The second kappa shape index (κ2) is 12.6. The molecule has 0 radical (unpaired) electrons. The summed E-state index contributed by atoms with van der Waals surface area (Å²) in [5, 5.41) is 6.88. The van der Waals surface area contributed by atoms with Gasteiger partial charge in [-0.1, -0.05) is 11.6 Å². The van der Waals surface area contributed by atoms with E-state index in [0.717, 1.165) is 63.1 Å². The Balaban J connectivity index is 1.71. The molecular weight excluding hydrogens is 376 g/mol. The lowest BCUT2D eigenvalue weighted by Crippen LogP contribution is -2.40. The van der Waals surface area contributed by atoms with E-state index < -0.39 is 0 Å². The van der Waals surface area contributed by atoms with Crippen LogP contribution in [-0.4, -0.2) is 56.7 Å². The van der Waals surface area contributed by atoms with E-state index in [4.69, 9.17) is 16.3 Å². The molecule has 0 atom stereocenters. The van der Waals surface area contributed by atoms with E-state index in [-0.39, 0.29) is 5.91 Å². The SMILES string of the molecule is CCNC(=NCCCC(=O)Nc1ccc(Cl)cc1)N(C)CCC1CCOCC1. The van der Waals surface area contributed by atoms with Crippen molar-refractivity contribution >= 4 is 29.2 Å². The second-order valence-electron chi connectivity index (χ2n) is 7.16. The summed E-state index contributed by atoms with van der Waals surface area (Å²) in [5.74, 6) is 1.65. The number of amides is 1. The van der Waals surface area contributed by atoms with Gasteiger partial charge < -0.3 is 20.3 Å². The quantitative estimate of drug-likeness (QED) is 0.371. The van der Waals surface area contributed by atoms with E-state index in [9.17, 15) is 4.79 Å². The number of halogens is 1. The molecule has 7 heteroatoms. The number of anilines is 1. The average molecular weight is 409 g/mol. The number of benzene rings is 1. The summed E-state index contributed by atoms with van der Waals surface area (Å²) in [6, 6.07) is 7.13. The minimum absolute atomic E-state index is 0.00426. The largest absolute Gasteiger partial charge is 0.381 e. The molecule has 156 valence electrons. The van der Waals surface area contributed by atoms with Crippen LogP contribution in [0.2, 0.25) is 5.02 Å². The molecule has 2 rings (SSSR count). The lowest BCUT2D eigenvalue weighted by molar-refractivity contribution is -0.116.